The number of anilines is 2. The van der Waals surface area contributed by atoms with E-state index in [4.69, 9.17) is 11.7 Å². The fourth-order valence-corrected chi connectivity index (χ4v) is 3.20. The summed E-state index contributed by atoms with van der Waals surface area (Å²) in [7, 11) is 0. The molecule has 3 rings (SSSR count). The van der Waals surface area contributed by atoms with E-state index in [0.717, 1.165) is 11.4 Å². The minimum Gasteiger partial charge on any atom is -0.324 e. The van der Waals surface area contributed by atoms with Crippen LogP contribution in [-0.2, 0) is 0 Å². The summed E-state index contributed by atoms with van der Waals surface area (Å²) >= 11 is 0. The van der Waals surface area contributed by atoms with E-state index in [0.29, 0.717) is 0 Å². The molecule has 0 aromatic heterocycles. The molecule has 28 heavy (non-hydrogen) atoms. The van der Waals surface area contributed by atoms with Gasteiger partial charge in [-0.1, -0.05) is 71.8 Å². The van der Waals surface area contributed by atoms with Crippen LogP contribution in [0, 0.1) is 41.5 Å². The van der Waals surface area contributed by atoms with Gasteiger partial charge in [-0.2, -0.15) is 0 Å². The van der Waals surface area contributed by atoms with Crippen LogP contribution in [0.1, 0.15) is 33.4 Å². The molecule has 0 fully saturated rings. The van der Waals surface area contributed by atoms with Gasteiger partial charge < -0.3 is 10.9 Å². The van der Waals surface area contributed by atoms with Crippen LogP contribution in [0.2, 0.25) is 0 Å². The third kappa shape index (κ3) is 7.43. The number of rotatable bonds is 2. The Morgan fingerprint density at radius 2 is 0.679 bits per heavy atom. The van der Waals surface area contributed by atoms with E-state index >= 15 is 0 Å². The Balaban J connectivity index is 0.000000219. The Bertz CT molecular complexity index is 728. The second-order valence-corrected chi connectivity index (χ2v) is 6.99. The summed E-state index contributed by atoms with van der Waals surface area (Å²) < 4.78 is 0. The number of hydrogen-bond donors (Lipinski definition) is 4. The minimum atomic E-state index is 1.04. The number of aryl methyl sites for hydroxylation is 6. The van der Waals surface area contributed by atoms with Crippen molar-refractivity contribution in [2.75, 3.05) is 10.9 Å². The van der Waals surface area contributed by atoms with Gasteiger partial charge in [-0.25, -0.2) is 0 Å². The molecule has 0 atom stereocenters. The van der Waals surface area contributed by atoms with Crippen LogP contribution in [0.25, 0.3) is 0 Å². The molecule has 0 aliphatic carbocycles. The summed E-state index contributed by atoms with van der Waals surface area (Å²) in [5, 5.41) is 0. The number of benzene rings is 3. The first kappa shape index (κ1) is 23.2. The second-order valence-electron chi connectivity index (χ2n) is 6.99. The van der Waals surface area contributed by atoms with Gasteiger partial charge in [0.05, 0.1) is 11.4 Å². The average molecular weight is 379 g/mol. The molecule has 0 heterocycles. The first-order chi connectivity index (χ1) is 13.3. The lowest BCUT2D eigenvalue weighted by Crippen LogP contribution is -2.09. The molecule has 3 aromatic rings. The maximum absolute atomic E-state index is 5.35. The molecule has 4 heteroatoms. The van der Waals surface area contributed by atoms with Crippen molar-refractivity contribution < 1.29 is 0 Å². The Kier molecular flexibility index (Phi) is 9.79. The van der Waals surface area contributed by atoms with Gasteiger partial charge in [0.25, 0.3) is 0 Å². The number of hydrazine groups is 2. The van der Waals surface area contributed by atoms with Crippen LogP contribution in [0.5, 0.6) is 0 Å². The first-order valence-electron chi connectivity index (χ1n) is 9.39. The van der Waals surface area contributed by atoms with Gasteiger partial charge in [-0.05, 0) is 63.8 Å². The largest absolute Gasteiger partial charge is 0.324 e. The van der Waals surface area contributed by atoms with Gasteiger partial charge in [-0.3, -0.25) is 11.7 Å². The Labute approximate surface area is 169 Å². The standard InChI is InChI=1S/2C9H14N2.C6H6/c2*1-6-4-7(2)9(11-10)8(3)5-6;1-2-4-6-5-3-1/h2*4-5,11H,10H2,1-3H3;1-6H. The third-order valence-corrected chi connectivity index (χ3v) is 4.31. The highest BCUT2D eigenvalue weighted by atomic mass is 15.2. The molecule has 0 aliphatic rings. The predicted molar refractivity (Wildman–Crippen MR) is 123 cm³/mol. The molecule has 0 saturated heterocycles. The number of nitrogens with two attached hydrogens (primary N) is 2. The molecule has 3 aromatic carbocycles. The lowest BCUT2D eigenvalue weighted by molar-refractivity contribution is 1.25. The monoisotopic (exact) mass is 378 g/mol. The molecule has 0 saturated carbocycles. The van der Waals surface area contributed by atoms with Gasteiger partial charge >= 0.3 is 0 Å². The smallest absolute Gasteiger partial charge is 0.0543 e. The van der Waals surface area contributed by atoms with Crippen molar-refractivity contribution in [3.63, 3.8) is 0 Å². The van der Waals surface area contributed by atoms with Crippen LogP contribution < -0.4 is 22.5 Å². The topological polar surface area (TPSA) is 76.1 Å². The fourth-order valence-electron chi connectivity index (χ4n) is 3.20. The highest BCUT2D eigenvalue weighted by molar-refractivity contribution is 5.57. The highest BCUT2D eigenvalue weighted by Gasteiger charge is 2.00. The van der Waals surface area contributed by atoms with Crippen molar-refractivity contribution in [2.45, 2.75) is 41.5 Å². The van der Waals surface area contributed by atoms with E-state index in [-0.39, 0.29) is 0 Å². The van der Waals surface area contributed by atoms with Crippen molar-refractivity contribution in [3.05, 3.63) is 94.0 Å². The van der Waals surface area contributed by atoms with Crippen LogP contribution in [0.15, 0.2) is 60.7 Å². The zero-order chi connectivity index (χ0) is 21.1. The summed E-state index contributed by atoms with van der Waals surface area (Å²) in [6, 6.07) is 20.5. The van der Waals surface area contributed by atoms with Crippen LogP contribution in [0.4, 0.5) is 11.4 Å². The summed E-state index contributed by atoms with van der Waals surface area (Å²) in [5.41, 5.74) is 14.8. The molecule has 0 spiro atoms. The van der Waals surface area contributed by atoms with Gasteiger partial charge in [0.1, 0.15) is 0 Å². The molecule has 4 nitrogen and oxygen atoms in total. The minimum absolute atomic E-state index is 1.04. The summed E-state index contributed by atoms with van der Waals surface area (Å²) in [6.45, 7) is 12.4. The molecular formula is C24H34N4. The summed E-state index contributed by atoms with van der Waals surface area (Å²) in [4.78, 5) is 0. The molecule has 0 radical (unpaired) electrons. The molecular weight excluding hydrogens is 344 g/mol. The second kappa shape index (κ2) is 11.8. The zero-order valence-electron chi connectivity index (χ0n) is 17.9. The molecule has 0 bridgehead atoms. The molecule has 6 N–H and O–H groups in total. The SMILES string of the molecule is Cc1cc(C)c(NN)c(C)c1.Cc1cc(C)c(NN)c(C)c1.c1ccccc1. The van der Waals surface area contributed by atoms with Gasteiger partial charge in [0.15, 0.2) is 0 Å². The van der Waals surface area contributed by atoms with E-state index in [9.17, 15) is 0 Å². The Hall–Kier alpha value is -2.82. The Morgan fingerprint density at radius 3 is 0.857 bits per heavy atom. The molecule has 0 amide bonds. The quantitative estimate of drug-likeness (QED) is 0.352. The fraction of sp³-hybridized carbons (Fsp3) is 0.250. The van der Waals surface area contributed by atoms with Crippen molar-refractivity contribution in [3.8, 4) is 0 Å². The van der Waals surface area contributed by atoms with E-state index in [1.54, 1.807) is 0 Å². The van der Waals surface area contributed by atoms with Crippen LogP contribution in [0.3, 0.4) is 0 Å². The van der Waals surface area contributed by atoms with E-state index in [1.165, 1.54) is 33.4 Å². The maximum atomic E-state index is 5.35. The van der Waals surface area contributed by atoms with Crippen molar-refractivity contribution in [2.24, 2.45) is 11.7 Å². The molecule has 0 unspecified atom stereocenters. The first-order valence-corrected chi connectivity index (χ1v) is 9.39. The molecule has 150 valence electrons. The molecule has 0 aliphatic heterocycles. The normalized spacial score (nSPS) is 9.43. The number of nitrogens with one attached hydrogen (secondary N) is 2. The number of hydrogen-bond acceptors (Lipinski definition) is 4. The summed E-state index contributed by atoms with van der Waals surface area (Å²) in [6.07, 6.45) is 0. The van der Waals surface area contributed by atoms with Crippen LogP contribution in [-0.4, -0.2) is 0 Å². The average Bonchev–Trinajstić information content (AvgIpc) is 2.63. The zero-order valence-corrected chi connectivity index (χ0v) is 17.9. The van der Waals surface area contributed by atoms with Gasteiger partial charge in [0, 0.05) is 0 Å². The highest BCUT2D eigenvalue weighted by Crippen LogP contribution is 2.20. The van der Waals surface area contributed by atoms with Crippen molar-refractivity contribution in [1.82, 2.24) is 0 Å². The van der Waals surface area contributed by atoms with Crippen molar-refractivity contribution in [1.29, 1.82) is 0 Å². The maximum Gasteiger partial charge on any atom is 0.0543 e. The van der Waals surface area contributed by atoms with E-state index < -0.39 is 0 Å². The van der Waals surface area contributed by atoms with E-state index in [1.807, 2.05) is 36.4 Å². The third-order valence-electron chi connectivity index (χ3n) is 4.31. The predicted octanol–water partition coefficient (Wildman–Crippen LogP) is 5.48. The lowest BCUT2D eigenvalue weighted by atomic mass is 10.1. The van der Waals surface area contributed by atoms with E-state index in [2.05, 4.69) is 76.7 Å². The lowest BCUT2D eigenvalue weighted by Gasteiger charge is -2.09. The summed E-state index contributed by atoms with van der Waals surface area (Å²) in [5.74, 6) is 10.7. The van der Waals surface area contributed by atoms with Crippen molar-refractivity contribution >= 4 is 11.4 Å². The number of nitrogen functional groups attached to an aromatic ring is 2. The Morgan fingerprint density at radius 1 is 0.464 bits per heavy atom. The van der Waals surface area contributed by atoms with Crippen LogP contribution >= 0.6 is 0 Å². The van der Waals surface area contributed by atoms with Gasteiger partial charge in [0.2, 0.25) is 0 Å². The van der Waals surface area contributed by atoms with Gasteiger partial charge in [-0.15, -0.1) is 0 Å².